The molecule has 3 rings (SSSR count). The molecule has 1 saturated heterocycles. The second-order valence-electron chi connectivity index (χ2n) is 4.34. The predicted molar refractivity (Wildman–Crippen MR) is 64.8 cm³/mol. The Kier molecular flexibility index (Phi) is 3.43. The van der Waals surface area contributed by atoms with E-state index in [2.05, 4.69) is 0 Å². The van der Waals surface area contributed by atoms with Crippen molar-refractivity contribution in [2.75, 3.05) is 13.7 Å². The third kappa shape index (κ3) is 2.33. The largest absolute Gasteiger partial charge is 0.352 e. The van der Waals surface area contributed by atoms with Crippen molar-refractivity contribution >= 4 is 0 Å². The first kappa shape index (κ1) is 11.9. The van der Waals surface area contributed by atoms with Gasteiger partial charge in [-0.3, -0.25) is 0 Å². The molecule has 2 heterocycles. The van der Waals surface area contributed by atoms with Gasteiger partial charge in [0.05, 0.1) is 6.61 Å². The monoisotopic (exact) mass is 248 g/mol. The highest BCUT2D eigenvalue weighted by Gasteiger charge is 2.35. The molecule has 0 saturated carbocycles. The summed E-state index contributed by atoms with van der Waals surface area (Å²) in [5.41, 5.74) is 1.03. The van der Waals surface area contributed by atoms with Crippen LogP contribution in [0, 0.1) is 0 Å². The number of methoxy groups -OCH3 is 1. The summed E-state index contributed by atoms with van der Waals surface area (Å²) in [6, 6.07) is 9.92. The van der Waals surface area contributed by atoms with Gasteiger partial charge in [-0.05, 0) is 6.08 Å². The number of ether oxygens (including phenoxy) is 4. The Morgan fingerprint density at radius 1 is 1.11 bits per heavy atom. The lowest BCUT2D eigenvalue weighted by Crippen LogP contribution is -2.45. The summed E-state index contributed by atoms with van der Waals surface area (Å²) >= 11 is 0. The molecule has 4 atom stereocenters. The van der Waals surface area contributed by atoms with Crippen molar-refractivity contribution < 1.29 is 18.9 Å². The van der Waals surface area contributed by atoms with Crippen molar-refractivity contribution in [2.45, 2.75) is 24.8 Å². The molecule has 1 fully saturated rings. The quantitative estimate of drug-likeness (QED) is 0.750. The standard InChI is InChI=1S/C14H16O4/c1-15-13-8-7-11-12(17-13)9-16-14(18-11)10-5-3-2-4-6-10/h2-8,11-14H,9H2,1H3/t11-,12+,13-,14?/m0/s1. The Hall–Kier alpha value is -1.20. The molecule has 0 radical (unpaired) electrons. The van der Waals surface area contributed by atoms with Crippen molar-refractivity contribution in [3.05, 3.63) is 48.0 Å². The molecule has 0 amide bonds. The Bertz CT molecular complexity index is 417. The molecule has 4 heteroatoms. The average Bonchev–Trinajstić information content (AvgIpc) is 2.47. The van der Waals surface area contributed by atoms with Crippen LogP contribution < -0.4 is 0 Å². The maximum absolute atomic E-state index is 5.88. The smallest absolute Gasteiger partial charge is 0.184 e. The van der Waals surface area contributed by atoms with Gasteiger partial charge in [0.15, 0.2) is 12.6 Å². The lowest BCUT2D eigenvalue weighted by Gasteiger charge is -2.38. The minimum Gasteiger partial charge on any atom is -0.352 e. The Morgan fingerprint density at radius 3 is 2.72 bits per heavy atom. The number of hydrogen-bond donors (Lipinski definition) is 0. The maximum atomic E-state index is 5.88. The van der Waals surface area contributed by atoms with E-state index in [4.69, 9.17) is 18.9 Å². The topological polar surface area (TPSA) is 36.9 Å². The van der Waals surface area contributed by atoms with Crippen LogP contribution in [0.5, 0.6) is 0 Å². The molecule has 1 unspecified atom stereocenters. The normalized spacial score (nSPS) is 35.2. The van der Waals surface area contributed by atoms with Crippen LogP contribution in [0.15, 0.2) is 42.5 Å². The fraction of sp³-hybridized carbons (Fsp3) is 0.429. The Labute approximate surface area is 106 Å². The number of fused-ring (bicyclic) bond motifs is 1. The lowest BCUT2D eigenvalue weighted by molar-refractivity contribution is -0.280. The fourth-order valence-corrected chi connectivity index (χ4v) is 2.17. The van der Waals surface area contributed by atoms with Crippen LogP contribution in [0.25, 0.3) is 0 Å². The zero-order valence-corrected chi connectivity index (χ0v) is 10.2. The van der Waals surface area contributed by atoms with Crippen molar-refractivity contribution in [3.8, 4) is 0 Å². The average molecular weight is 248 g/mol. The molecular weight excluding hydrogens is 232 g/mol. The van der Waals surface area contributed by atoms with Crippen molar-refractivity contribution in [1.82, 2.24) is 0 Å². The highest BCUT2D eigenvalue weighted by Crippen LogP contribution is 2.30. The van der Waals surface area contributed by atoms with E-state index in [0.29, 0.717) is 6.61 Å². The number of benzene rings is 1. The molecular formula is C14H16O4. The molecule has 4 nitrogen and oxygen atoms in total. The van der Waals surface area contributed by atoms with Crippen LogP contribution in [0.1, 0.15) is 11.9 Å². The zero-order valence-electron chi connectivity index (χ0n) is 10.2. The van der Waals surface area contributed by atoms with E-state index in [1.165, 1.54) is 0 Å². The van der Waals surface area contributed by atoms with E-state index in [1.54, 1.807) is 7.11 Å². The Morgan fingerprint density at radius 2 is 1.94 bits per heavy atom. The van der Waals surface area contributed by atoms with Gasteiger partial charge >= 0.3 is 0 Å². The van der Waals surface area contributed by atoms with Gasteiger partial charge in [-0.25, -0.2) is 0 Å². The van der Waals surface area contributed by atoms with E-state index in [1.807, 2.05) is 42.5 Å². The highest BCUT2D eigenvalue weighted by molar-refractivity contribution is 5.17. The SMILES string of the molecule is CO[C@@H]1C=C[C@@H]2OC(c3ccccc3)OC[C@H]2O1. The second kappa shape index (κ2) is 5.20. The van der Waals surface area contributed by atoms with Crippen molar-refractivity contribution in [3.63, 3.8) is 0 Å². The Balaban J connectivity index is 1.71. The van der Waals surface area contributed by atoms with Gasteiger partial charge in [0, 0.05) is 12.7 Å². The van der Waals surface area contributed by atoms with E-state index in [0.717, 1.165) is 5.56 Å². The van der Waals surface area contributed by atoms with E-state index in [-0.39, 0.29) is 24.8 Å². The molecule has 0 bridgehead atoms. The van der Waals surface area contributed by atoms with Crippen molar-refractivity contribution in [1.29, 1.82) is 0 Å². The zero-order chi connectivity index (χ0) is 12.4. The van der Waals surface area contributed by atoms with Gasteiger partial charge in [-0.15, -0.1) is 0 Å². The molecule has 0 spiro atoms. The summed E-state index contributed by atoms with van der Waals surface area (Å²) in [4.78, 5) is 0. The summed E-state index contributed by atoms with van der Waals surface area (Å²) in [7, 11) is 1.62. The first-order valence-corrected chi connectivity index (χ1v) is 6.05. The summed E-state index contributed by atoms with van der Waals surface area (Å²) in [5, 5.41) is 0. The van der Waals surface area contributed by atoms with Gasteiger partial charge in [0.2, 0.25) is 0 Å². The van der Waals surface area contributed by atoms with Crippen LogP contribution in [0.4, 0.5) is 0 Å². The first-order valence-electron chi connectivity index (χ1n) is 6.05. The first-order chi connectivity index (χ1) is 8.86. The minimum absolute atomic E-state index is 0.0737. The van der Waals surface area contributed by atoms with E-state index < -0.39 is 0 Å². The van der Waals surface area contributed by atoms with Gasteiger partial charge < -0.3 is 18.9 Å². The van der Waals surface area contributed by atoms with Gasteiger partial charge in [0.25, 0.3) is 0 Å². The van der Waals surface area contributed by atoms with Crippen LogP contribution in [0.3, 0.4) is 0 Å². The van der Waals surface area contributed by atoms with Crippen molar-refractivity contribution in [2.24, 2.45) is 0 Å². The van der Waals surface area contributed by atoms with Crippen LogP contribution in [0.2, 0.25) is 0 Å². The molecule has 0 aromatic heterocycles. The van der Waals surface area contributed by atoms with Gasteiger partial charge in [-0.2, -0.15) is 0 Å². The van der Waals surface area contributed by atoms with Crippen LogP contribution in [-0.2, 0) is 18.9 Å². The number of hydrogen-bond acceptors (Lipinski definition) is 4. The van der Waals surface area contributed by atoms with Crippen LogP contribution in [-0.4, -0.2) is 32.2 Å². The van der Waals surface area contributed by atoms with E-state index >= 15 is 0 Å². The molecule has 1 aromatic carbocycles. The summed E-state index contributed by atoms with van der Waals surface area (Å²) in [6.07, 6.45) is 3.07. The third-order valence-electron chi connectivity index (χ3n) is 3.13. The number of rotatable bonds is 2. The summed E-state index contributed by atoms with van der Waals surface area (Å²) in [5.74, 6) is 0. The summed E-state index contributed by atoms with van der Waals surface area (Å²) < 4.78 is 22.4. The minimum atomic E-state index is -0.320. The molecule has 1 aromatic rings. The maximum Gasteiger partial charge on any atom is 0.184 e. The summed E-state index contributed by atoms with van der Waals surface area (Å²) in [6.45, 7) is 0.508. The fourth-order valence-electron chi connectivity index (χ4n) is 2.17. The second-order valence-corrected chi connectivity index (χ2v) is 4.34. The molecule has 2 aliphatic heterocycles. The predicted octanol–water partition coefficient (Wildman–Crippen LogP) is 2.03. The lowest BCUT2D eigenvalue weighted by atomic mass is 10.1. The molecule has 96 valence electrons. The van der Waals surface area contributed by atoms with Gasteiger partial charge in [0.1, 0.15) is 12.2 Å². The van der Waals surface area contributed by atoms with Crippen LogP contribution >= 0.6 is 0 Å². The highest BCUT2D eigenvalue weighted by atomic mass is 16.7. The van der Waals surface area contributed by atoms with E-state index in [9.17, 15) is 0 Å². The molecule has 2 aliphatic rings. The molecule has 0 aliphatic carbocycles. The van der Waals surface area contributed by atoms with Gasteiger partial charge in [-0.1, -0.05) is 36.4 Å². The third-order valence-corrected chi connectivity index (χ3v) is 3.13. The molecule has 18 heavy (non-hydrogen) atoms. The molecule has 0 N–H and O–H groups in total.